The molecule has 2 N–H and O–H groups in total. The van der Waals surface area contributed by atoms with Gasteiger partial charge in [-0.05, 0) is 58.3 Å². The summed E-state index contributed by atoms with van der Waals surface area (Å²) >= 11 is 3.46. The average molecular weight is 338 g/mol. The molecule has 1 nitrogen and oxygen atoms in total. The fourth-order valence-electron chi connectivity index (χ4n) is 2.07. The lowest BCUT2D eigenvalue weighted by atomic mass is 9.84. The first-order valence-corrected chi connectivity index (χ1v) is 7.16. The Kier molecular flexibility index (Phi) is 2.33. The molecular weight excluding hydrogens is 310 g/mol. The van der Waals surface area contributed by atoms with Gasteiger partial charge in [-0.3, -0.25) is 0 Å². The molecule has 0 saturated carbocycles. The van der Waals surface area contributed by atoms with Gasteiger partial charge in [0.1, 0.15) is 0 Å². The summed E-state index contributed by atoms with van der Waals surface area (Å²) in [5.74, 6) is 0. The molecule has 0 atom stereocenters. The predicted molar refractivity (Wildman–Crippen MR) is 92.2 cm³/mol. The van der Waals surface area contributed by atoms with Crippen molar-refractivity contribution in [3.8, 4) is 11.1 Å². The molecule has 0 aliphatic carbocycles. The molecule has 0 spiro atoms. The van der Waals surface area contributed by atoms with E-state index in [1.54, 1.807) is 0 Å². The fraction of sp³-hybridized carbons (Fsp3) is 0.333. The molecule has 0 aliphatic rings. The summed E-state index contributed by atoms with van der Waals surface area (Å²) in [4.78, 5) is 0. The molecule has 0 radical (unpaired) electrons. The zero-order valence-electron chi connectivity index (χ0n) is 17.8. The van der Waals surface area contributed by atoms with Crippen LogP contribution in [-0.2, 0) is 5.41 Å². The maximum absolute atomic E-state index is 7.68. The van der Waals surface area contributed by atoms with E-state index < -0.39 is 13.7 Å². The molecular formula is C18H22BrN. The topological polar surface area (TPSA) is 26.0 Å². The molecule has 2 heteroatoms. The lowest BCUT2D eigenvalue weighted by molar-refractivity contribution is 0.590. The first-order chi connectivity index (χ1) is 11.6. The first-order valence-electron chi connectivity index (χ1n) is 9.36. The van der Waals surface area contributed by atoms with Gasteiger partial charge in [-0.15, -0.1) is 0 Å². The molecule has 0 heterocycles. The minimum atomic E-state index is -2.41. The van der Waals surface area contributed by atoms with Crippen molar-refractivity contribution in [2.75, 3.05) is 5.73 Å². The number of benzene rings is 2. The number of rotatable bonds is 1. The van der Waals surface area contributed by atoms with E-state index in [0.29, 0.717) is 21.3 Å². The fourth-order valence-corrected chi connectivity index (χ4v) is 2.53. The molecule has 0 bridgehead atoms. The Morgan fingerprint density at radius 3 is 2.10 bits per heavy atom. The molecule has 0 aromatic heterocycles. The quantitative estimate of drug-likeness (QED) is 0.672. The third kappa shape index (κ3) is 3.06. The molecule has 106 valence electrons. The van der Waals surface area contributed by atoms with E-state index in [0.717, 1.165) is 5.56 Å². The molecule has 2 aromatic rings. The second kappa shape index (κ2) is 5.25. The third-order valence-corrected chi connectivity index (χ3v) is 3.90. The van der Waals surface area contributed by atoms with Crippen LogP contribution in [-0.4, -0.2) is 0 Å². The van der Waals surface area contributed by atoms with Crippen molar-refractivity contribution in [3.63, 3.8) is 0 Å². The number of aryl methyl sites for hydroxylation is 2. The number of hydrogen-bond donors (Lipinski definition) is 1. The number of halogens is 1. The van der Waals surface area contributed by atoms with Gasteiger partial charge in [0.2, 0.25) is 0 Å². The maximum Gasteiger partial charge on any atom is 0.0538 e. The highest BCUT2D eigenvalue weighted by Gasteiger charge is 2.18. The van der Waals surface area contributed by atoms with Crippen LogP contribution in [0.1, 0.15) is 45.7 Å². The number of anilines is 1. The van der Waals surface area contributed by atoms with Crippen LogP contribution >= 0.6 is 15.9 Å². The summed E-state index contributed by atoms with van der Waals surface area (Å²) in [6, 6.07) is 8.03. The lowest BCUT2D eigenvalue weighted by Gasteiger charge is -2.22. The van der Waals surface area contributed by atoms with Gasteiger partial charge in [-0.1, -0.05) is 50.1 Å². The van der Waals surface area contributed by atoms with E-state index in [9.17, 15) is 0 Å². The normalized spacial score (nSPS) is 17.4. The van der Waals surface area contributed by atoms with Crippen molar-refractivity contribution >= 4 is 21.6 Å². The van der Waals surface area contributed by atoms with E-state index >= 15 is 0 Å². The van der Waals surface area contributed by atoms with E-state index in [2.05, 4.69) is 36.7 Å². The molecule has 0 saturated heterocycles. The molecule has 0 aliphatic heterocycles. The number of nitrogen functional groups attached to an aromatic ring is 1. The standard InChI is InChI=1S/C18H22BrN/c1-11-6-12(2)8-13(7-11)15-9-14(18(3,4)5)10-16(19)17(15)20/h6-10H,20H2,1-5H3/i1D3,2D3. The Labute approximate surface area is 138 Å². The Bertz CT molecular complexity index is 799. The molecule has 20 heavy (non-hydrogen) atoms. The van der Waals surface area contributed by atoms with E-state index in [1.807, 2.05) is 12.1 Å². The summed E-state index contributed by atoms with van der Waals surface area (Å²) in [5, 5.41) is 0. The van der Waals surface area contributed by atoms with Gasteiger partial charge in [-0.2, -0.15) is 0 Å². The van der Waals surface area contributed by atoms with Gasteiger partial charge in [0, 0.05) is 18.3 Å². The SMILES string of the molecule is [2H]C([2H])([2H])c1cc(-c2cc(C(C)(C)C)cc(Br)c2N)cc(C([2H])([2H])[2H])c1. The van der Waals surface area contributed by atoms with Crippen molar-refractivity contribution in [1.82, 2.24) is 0 Å². The van der Waals surface area contributed by atoms with E-state index in [-0.39, 0.29) is 16.5 Å². The summed E-state index contributed by atoms with van der Waals surface area (Å²) < 4.78 is 46.8. The zero-order valence-corrected chi connectivity index (χ0v) is 13.4. The second-order valence-electron chi connectivity index (χ2n) is 5.97. The molecule has 0 amide bonds. The van der Waals surface area contributed by atoms with Crippen molar-refractivity contribution in [1.29, 1.82) is 0 Å². The lowest BCUT2D eigenvalue weighted by Crippen LogP contribution is -2.12. The number of hydrogen-bond acceptors (Lipinski definition) is 1. The van der Waals surface area contributed by atoms with Gasteiger partial charge in [0.25, 0.3) is 0 Å². The highest BCUT2D eigenvalue weighted by Crippen LogP contribution is 2.37. The van der Waals surface area contributed by atoms with Crippen LogP contribution in [0.25, 0.3) is 11.1 Å². The summed E-state index contributed by atoms with van der Waals surface area (Å²) in [6.07, 6.45) is 0. The Hall–Kier alpha value is -1.28. The van der Waals surface area contributed by atoms with Crippen LogP contribution in [0.3, 0.4) is 0 Å². The summed E-state index contributed by atoms with van der Waals surface area (Å²) in [5.41, 5.74) is 8.57. The van der Waals surface area contributed by atoms with E-state index in [4.69, 9.17) is 14.0 Å². The van der Waals surface area contributed by atoms with Crippen molar-refractivity contribution < 1.29 is 8.22 Å². The molecule has 0 fully saturated rings. The Morgan fingerprint density at radius 2 is 1.60 bits per heavy atom. The Balaban J connectivity index is 2.82. The Morgan fingerprint density at radius 1 is 1.00 bits per heavy atom. The van der Waals surface area contributed by atoms with Gasteiger partial charge < -0.3 is 5.73 Å². The van der Waals surface area contributed by atoms with Gasteiger partial charge >= 0.3 is 0 Å². The van der Waals surface area contributed by atoms with Gasteiger partial charge in [0.05, 0.1) is 5.69 Å². The van der Waals surface area contributed by atoms with Crippen molar-refractivity contribution in [2.24, 2.45) is 0 Å². The second-order valence-corrected chi connectivity index (χ2v) is 6.82. The minimum Gasteiger partial charge on any atom is -0.397 e. The largest absolute Gasteiger partial charge is 0.397 e. The highest BCUT2D eigenvalue weighted by atomic mass is 79.9. The summed E-state index contributed by atoms with van der Waals surface area (Å²) in [7, 11) is 0. The smallest absolute Gasteiger partial charge is 0.0538 e. The zero-order chi connectivity index (χ0) is 20.1. The van der Waals surface area contributed by atoms with Crippen molar-refractivity contribution in [2.45, 2.75) is 39.9 Å². The predicted octanol–water partition coefficient (Wildman–Crippen LogP) is 5.61. The number of nitrogens with two attached hydrogens (primary N) is 1. The van der Waals surface area contributed by atoms with Crippen molar-refractivity contribution in [3.05, 3.63) is 51.5 Å². The van der Waals surface area contributed by atoms with Crippen LogP contribution in [0.4, 0.5) is 5.69 Å². The molecule has 2 aromatic carbocycles. The molecule has 0 unspecified atom stereocenters. The minimum absolute atomic E-state index is 0.0159. The van der Waals surface area contributed by atoms with Crippen LogP contribution in [0.2, 0.25) is 0 Å². The maximum atomic E-state index is 7.68. The summed E-state index contributed by atoms with van der Waals surface area (Å²) in [6.45, 7) is 1.34. The highest BCUT2D eigenvalue weighted by molar-refractivity contribution is 9.10. The average Bonchev–Trinajstić information content (AvgIpc) is 2.46. The van der Waals surface area contributed by atoms with Crippen LogP contribution in [0.15, 0.2) is 34.8 Å². The van der Waals surface area contributed by atoms with Crippen LogP contribution < -0.4 is 5.73 Å². The van der Waals surface area contributed by atoms with Gasteiger partial charge in [-0.25, -0.2) is 0 Å². The first kappa shape index (κ1) is 8.89. The molecule has 2 rings (SSSR count). The third-order valence-electron chi connectivity index (χ3n) is 3.24. The van der Waals surface area contributed by atoms with Gasteiger partial charge in [0.15, 0.2) is 0 Å². The monoisotopic (exact) mass is 337 g/mol. The van der Waals surface area contributed by atoms with Crippen LogP contribution in [0, 0.1) is 13.7 Å². The van der Waals surface area contributed by atoms with Crippen LogP contribution in [0.5, 0.6) is 0 Å². The van der Waals surface area contributed by atoms with E-state index in [1.165, 1.54) is 18.2 Å².